The Kier molecular flexibility index (Phi) is 9.09. The van der Waals surface area contributed by atoms with E-state index in [4.69, 9.17) is 4.74 Å². The monoisotopic (exact) mass is 513 g/mol. The maximum atomic E-state index is 13.4. The van der Waals surface area contributed by atoms with Gasteiger partial charge in [0.2, 0.25) is 0 Å². The van der Waals surface area contributed by atoms with Crippen molar-refractivity contribution in [3.05, 3.63) is 59.0 Å². The number of nitrogens with zero attached hydrogens (tertiary/aromatic N) is 3. The molecule has 1 aromatic heterocycles. The molecule has 158 valence electrons. The molecule has 0 aliphatic carbocycles. The smallest absolute Gasteiger partial charge is 0.191 e. The van der Waals surface area contributed by atoms with Crippen LogP contribution in [0.2, 0.25) is 0 Å². The van der Waals surface area contributed by atoms with Crippen LogP contribution >= 0.6 is 24.0 Å². The van der Waals surface area contributed by atoms with E-state index in [0.717, 1.165) is 36.6 Å². The van der Waals surface area contributed by atoms with Crippen LogP contribution in [0.25, 0.3) is 0 Å². The second kappa shape index (κ2) is 11.3. The number of morpholine rings is 1. The predicted octanol–water partition coefficient (Wildman–Crippen LogP) is 3.24. The second-order valence-electron chi connectivity index (χ2n) is 7.01. The number of hydrogen-bond acceptors (Lipinski definition) is 4. The fourth-order valence-corrected chi connectivity index (χ4v) is 3.14. The lowest BCUT2D eigenvalue weighted by Crippen LogP contribution is -2.41. The van der Waals surface area contributed by atoms with Crippen LogP contribution in [0, 0.1) is 12.7 Å². The third kappa shape index (κ3) is 6.81. The number of hydrogen-bond donors (Lipinski definition) is 2. The average molecular weight is 513 g/mol. The third-order valence-corrected chi connectivity index (χ3v) is 4.74. The molecule has 2 heterocycles. The van der Waals surface area contributed by atoms with Gasteiger partial charge in [0.1, 0.15) is 11.6 Å². The van der Waals surface area contributed by atoms with Crippen molar-refractivity contribution in [3.8, 4) is 0 Å². The SMILES string of the molecule is CN=C(NCc1ccc(N2CCOC(C)C2)nc1)NCc1ccc(F)c(C)c1.I. The molecule has 3 rings (SSSR count). The first-order valence-electron chi connectivity index (χ1n) is 9.56. The quantitative estimate of drug-likeness (QED) is 0.366. The summed E-state index contributed by atoms with van der Waals surface area (Å²) in [7, 11) is 1.73. The maximum Gasteiger partial charge on any atom is 0.191 e. The molecule has 0 bridgehead atoms. The lowest BCUT2D eigenvalue weighted by atomic mass is 10.1. The van der Waals surface area contributed by atoms with Gasteiger partial charge in [0, 0.05) is 39.4 Å². The van der Waals surface area contributed by atoms with E-state index < -0.39 is 0 Å². The van der Waals surface area contributed by atoms with Crippen molar-refractivity contribution in [1.82, 2.24) is 15.6 Å². The van der Waals surface area contributed by atoms with Crippen LogP contribution in [0.15, 0.2) is 41.5 Å². The van der Waals surface area contributed by atoms with Gasteiger partial charge in [-0.3, -0.25) is 4.99 Å². The van der Waals surface area contributed by atoms with Crippen molar-refractivity contribution >= 4 is 35.8 Å². The molecule has 0 amide bonds. The first-order chi connectivity index (χ1) is 13.5. The highest BCUT2D eigenvalue weighted by Gasteiger charge is 2.17. The van der Waals surface area contributed by atoms with Crippen LogP contribution in [-0.4, -0.2) is 43.8 Å². The van der Waals surface area contributed by atoms with Crippen molar-refractivity contribution in [2.75, 3.05) is 31.6 Å². The van der Waals surface area contributed by atoms with E-state index in [2.05, 4.69) is 38.5 Å². The molecule has 0 spiro atoms. The molecule has 1 unspecified atom stereocenters. The van der Waals surface area contributed by atoms with Crippen molar-refractivity contribution in [2.24, 2.45) is 4.99 Å². The first kappa shape index (κ1) is 23.3. The minimum atomic E-state index is -0.186. The van der Waals surface area contributed by atoms with Crippen LogP contribution in [0.3, 0.4) is 0 Å². The van der Waals surface area contributed by atoms with Gasteiger partial charge < -0.3 is 20.3 Å². The molecule has 6 nitrogen and oxygen atoms in total. The number of ether oxygens (including phenoxy) is 1. The van der Waals surface area contributed by atoms with Gasteiger partial charge in [-0.25, -0.2) is 9.37 Å². The van der Waals surface area contributed by atoms with Gasteiger partial charge in [-0.15, -0.1) is 24.0 Å². The summed E-state index contributed by atoms with van der Waals surface area (Å²) in [6.07, 6.45) is 2.12. The number of benzene rings is 1. The number of anilines is 1. The minimum Gasteiger partial charge on any atom is -0.375 e. The van der Waals surface area contributed by atoms with Crippen LogP contribution in [-0.2, 0) is 17.8 Å². The highest BCUT2D eigenvalue weighted by Crippen LogP contribution is 2.15. The van der Waals surface area contributed by atoms with E-state index in [1.165, 1.54) is 6.07 Å². The van der Waals surface area contributed by atoms with Crippen molar-refractivity contribution in [1.29, 1.82) is 0 Å². The van der Waals surface area contributed by atoms with Crippen LogP contribution < -0.4 is 15.5 Å². The van der Waals surface area contributed by atoms with Crippen LogP contribution in [0.4, 0.5) is 10.2 Å². The molecule has 2 N–H and O–H groups in total. The van der Waals surface area contributed by atoms with Gasteiger partial charge in [-0.1, -0.05) is 18.2 Å². The minimum absolute atomic E-state index is 0. The van der Waals surface area contributed by atoms with Crippen LogP contribution in [0.5, 0.6) is 0 Å². The molecule has 0 radical (unpaired) electrons. The summed E-state index contributed by atoms with van der Waals surface area (Å²) < 4.78 is 18.9. The Morgan fingerprint density at radius 1 is 1.24 bits per heavy atom. The van der Waals surface area contributed by atoms with E-state index in [-0.39, 0.29) is 35.9 Å². The molecule has 2 aromatic rings. The van der Waals surface area contributed by atoms with E-state index in [1.54, 1.807) is 20.0 Å². The van der Waals surface area contributed by atoms with E-state index in [0.29, 0.717) is 24.6 Å². The summed E-state index contributed by atoms with van der Waals surface area (Å²) in [5.41, 5.74) is 2.72. The highest BCUT2D eigenvalue weighted by molar-refractivity contribution is 14.0. The van der Waals surface area contributed by atoms with Crippen molar-refractivity contribution in [3.63, 3.8) is 0 Å². The number of aryl methyl sites for hydroxylation is 1. The first-order valence-corrected chi connectivity index (χ1v) is 9.56. The number of guanidine groups is 1. The predicted molar refractivity (Wildman–Crippen MR) is 125 cm³/mol. The van der Waals surface area contributed by atoms with Gasteiger partial charge in [-0.05, 0) is 42.7 Å². The normalized spacial score (nSPS) is 16.9. The molecule has 1 atom stereocenters. The number of aliphatic imine (C=N–C) groups is 1. The van der Waals surface area contributed by atoms with E-state index in [9.17, 15) is 4.39 Å². The summed E-state index contributed by atoms with van der Waals surface area (Å²) in [4.78, 5) is 11.1. The molecule has 29 heavy (non-hydrogen) atoms. The topological polar surface area (TPSA) is 61.8 Å². The zero-order valence-electron chi connectivity index (χ0n) is 17.1. The Morgan fingerprint density at radius 3 is 2.59 bits per heavy atom. The van der Waals surface area contributed by atoms with E-state index in [1.807, 2.05) is 18.3 Å². The standard InChI is InChI=1S/C21H28FN5O.HI/c1-15-10-17(4-6-19(15)22)11-25-21(23-3)26-13-18-5-7-20(24-12-18)27-8-9-28-16(2)14-27;/h4-7,10,12,16H,8-9,11,13-14H2,1-3H3,(H2,23,25,26);1H. The van der Waals surface area contributed by atoms with Gasteiger partial charge >= 0.3 is 0 Å². The molecule has 8 heteroatoms. The molecular formula is C21H29FIN5O. The second-order valence-corrected chi connectivity index (χ2v) is 7.01. The third-order valence-electron chi connectivity index (χ3n) is 4.74. The summed E-state index contributed by atoms with van der Waals surface area (Å²) in [6, 6.07) is 9.23. The Bertz CT molecular complexity index is 815. The highest BCUT2D eigenvalue weighted by atomic mass is 127. The Balaban J connectivity index is 0.00000300. The average Bonchev–Trinajstić information content (AvgIpc) is 2.71. The fraction of sp³-hybridized carbons (Fsp3) is 0.429. The Morgan fingerprint density at radius 2 is 1.97 bits per heavy atom. The molecule has 0 saturated carbocycles. The largest absolute Gasteiger partial charge is 0.375 e. The zero-order chi connectivity index (χ0) is 19.9. The number of aromatic nitrogens is 1. The fourth-order valence-electron chi connectivity index (χ4n) is 3.14. The molecule has 1 fully saturated rings. The van der Waals surface area contributed by atoms with Crippen molar-refractivity contribution in [2.45, 2.75) is 33.0 Å². The summed E-state index contributed by atoms with van der Waals surface area (Å²) >= 11 is 0. The summed E-state index contributed by atoms with van der Waals surface area (Å²) in [5.74, 6) is 1.48. The number of pyridine rings is 1. The maximum absolute atomic E-state index is 13.4. The van der Waals surface area contributed by atoms with Gasteiger partial charge in [-0.2, -0.15) is 0 Å². The molecule has 1 saturated heterocycles. The number of nitrogens with one attached hydrogen (secondary N) is 2. The zero-order valence-corrected chi connectivity index (χ0v) is 19.4. The number of rotatable bonds is 5. The van der Waals surface area contributed by atoms with Gasteiger partial charge in [0.15, 0.2) is 5.96 Å². The van der Waals surface area contributed by atoms with Crippen LogP contribution in [0.1, 0.15) is 23.6 Å². The molecule has 1 aromatic carbocycles. The van der Waals surface area contributed by atoms with Gasteiger partial charge in [0.05, 0.1) is 12.7 Å². The molecule has 1 aliphatic rings. The lowest BCUT2D eigenvalue weighted by Gasteiger charge is -2.32. The number of halogens is 2. The van der Waals surface area contributed by atoms with Gasteiger partial charge in [0.25, 0.3) is 0 Å². The molecular weight excluding hydrogens is 484 g/mol. The summed E-state index contributed by atoms with van der Waals surface area (Å²) in [5, 5.41) is 6.52. The summed E-state index contributed by atoms with van der Waals surface area (Å²) in [6.45, 7) is 7.51. The lowest BCUT2D eigenvalue weighted by molar-refractivity contribution is 0.0529. The van der Waals surface area contributed by atoms with Crippen molar-refractivity contribution < 1.29 is 9.13 Å². The van der Waals surface area contributed by atoms with E-state index >= 15 is 0 Å². The Labute approximate surface area is 189 Å². The molecule has 1 aliphatic heterocycles. The Hall–Kier alpha value is -1.94.